The van der Waals surface area contributed by atoms with Crippen molar-refractivity contribution in [3.8, 4) is 5.69 Å². The van der Waals surface area contributed by atoms with Crippen LogP contribution >= 0.6 is 0 Å². The molecule has 35 heavy (non-hydrogen) atoms. The Hall–Kier alpha value is -3.16. The van der Waals surface area contributed by atoms with Crippen LogP contribution in [0.2, 0.25) is 0 Å². The van der Waals surface area contributed by atoms with Crippen molar-refractivity contribution >= 4 is 11.8 Å². The monoisotopic (exact) mass is 475 g/mol. The van der Waals surface area contributed by atoms with Gasteiger partial charge in [-0.05, 0) is 24.6 Å². The van der Waals surface area contributed by atoms with E-state index in [9.17, 15) is 4.79 Å². The normalized spacial score (nSPS) is 18.5. The van der Waals surface area contributed by atoms with E-state index in [1.807, 2.05) is 28.9 Å². The van der Waals surface area contributed by atoms with Crippen LogP contribution in [0.25, 0.3) is 5.69 Å². The lowest BCUT2D eigenvalue weighted by atomic mass is 9.92. The lowest BCUT2D eigenvalue weighted by Gasteiger charge is -2.20. The van der Waals surface area contributed by atoms with E-state index in [0.29, 0.717) is 12.4 Å². The zero-order valence-corrected chi connectivity index (χ0v) is 21.4. The second-order valence-corrected chi connectivity index (χ2v) is 10.4. The summed E-state index contributed by atoms with van der Waals surface area (Å²) in [5.74, 6) is 0.868. The summed E-state index contributed by atoms with van der Waals surface area (Å²) in [5.41, 5.74) is 4.10. The highest BCUT2D eigenvalue weighted by Gasteiger charge is 2.34. The van der Waals surface area contributed by atoms with Crippen molar-refractivity contribution in [2.75, 3.05) is 38.7 Å². The highest BCUT2D eigenvalue weighted by Crippen LogP contribution is 2.29. The molecule has 0 spiro atoms. The fourth-order valence-corrected chi connectivity index (χ4v) is 4.51. The summed E-state index contributed by atoms with van der Waals surface area (Å²) in [7, 11) is 1.72. The van der Waals surface area contributed by atoms with Gasteiger partial charge in [-0.15, -0.1) is 0 Å². The van der Waals surface area contributed by atoms with Crippen molar-refractivity contribution < 1.29 is 9.53 Å². The van der Waals surface area contributed by atoms with Crippen molar-refractivity contribution in [2.45, 2.75) is 45.1 Å². The van der Waals surface area contributed by atoms with Crippen molar-refractivity contribution in [3.05, 3.63) is 77.5 Å². The third-order valence-electron chi connectivity index (χ3n) is 6.55. The number of hydrogen-bond acceptors (Lipinski definition) is 4. The van der Waals surface area contributed by atoms with Crippen LogP contribution in [-0.2, 0) is 10.2 Å². The minimum Gasteiger partial charge on any atom is -0.383 e. The van der Waals surface area contributed by atoms with Gasteiger partial charge in [-0.2, -0.15) is 5.10 Å². The molecule has 7 nitrogen and oxygen atoms in total. The average Bonchev–Trinajstić information content (AvgIpc) is 3.43. The molecule has 3 aromatic rings. The van der Waals surface area contributed by atoms with Gasteiger partial charge in [0, 0.05) is 44.1 Å². The molecule has 0 radical (unpaired) electrons. The predicted molar refractivity (Wildman–Crippen MR) is 140 cm³/mol. The van der Waals surface area contributed by atoms with Crippen LogP contribution in [0.4, 0.5) is 10.6 Å². The molecule has 1 saturated heterocycles. The highest BCUT2D eigenvalue weighted by atomic mass is 16.5. The number of carbonyl (C=O) groups excluding carboxylic acids is 1. The maximum absolute atomic E-state index is 13.3. The number of benzene rings is 2. The van der Waals surface area contributed by atoms with Gasteiger partial charge in [-0.25, -0.2) is 9.48 Å². The second kappa shape index (κ2) is 10.6. The first-order valence-corrected chi connectivity index (χ1v) is 12.3. The standard InChI is InChI=1S/C28H37N5O2/c1-20-11-13-22(14-12-20)33-26(17-25(31-33)28(2,3)4)30-27(34)29-24-19-32(15-16-35-5)18-23(24)21-9-7-6-8-10-21/h6-14,17,23-24H,15-16,18-19H2,1-5H3,(H2,29,30,34)/t23?,24-/m1/s1. The molecule has 1 aromatic heterocycles. The van der Waals surface area contributed by atoms with Gasteiger partial charge in [0.15, 0.2) is 0 Å². The predicted octanol–water partition coefficient (Wildman–Crippen LogP) is 4.71. The summed E-state index contributed by atoms with van der Waals surface area (Å²) in [5, 5.41) is 11.2. The van der Waals surface area contributed by atoms with Crippen molar-refractivity contribution in [2.24, 2.45) is 0 Å². The Morgan fingerprint density at radius 1 is 1.09 bits per heavy atom. The number of urea groups is 1. The molecule has 0 aliphatic carbocycles. The van der Waals surface area contributed by atoms with Crippen LogP contribution < -0.4 is 10.6 Å². The molecule has 4 rings (SSSR count). The van der Waals surface area contributed by atoms with E-state index in [2.05, 4.69) is 79.6 Å². The molecule has 2 N–H and O–H groups in total. The second-order valence-electron chi connectivity index (χ2n) is 10.4. The first-order valence-electron chi connectivity index (χ1n) is 12.3. The van der Waals surface area contributed by atoms with Gasteiger partial charge in [-0.1, -0.05) is 68.8 Å². The number of ether oxygens (including phenoxy) is 1. The summed E-state index contributed by atoms with van der Waals surface area (Å²) in [6, 6.07) is 20.3. The number of anilines is 1. The van der Waals surface area contributed by atoms with Crippen LogP contribution in [0.5, 0.6) is 0 Å². The molecule has 0 bridgehead atoms. The summed E-state index contributed by atoms with van der Waals surface area (Å²) in [4.78, 5) is 15.6. The topological polar surface area (TPSA) is 71.4 Å². The number of hydrogen-bond donors (Lipinski definition) is 2. The summed E-state index contributed by atoms with van der Waals surface area (Å²) < 4.78 is 7.09. The van der Waals surface area contributed by atoms with Gasteiger partial charge in [-0.3, -0.25) is 10.2 Å². The third kappa shape index (κ3) is 6.10. The third-order valence-corrected chi connectivity index (χ3v) is 6.55. The van der Waals surface area contributed by atoms with E-state index < -0.39 is 0 Å². The Bertz CT molecular complexity index is 1120. The molecule has 0 saturated carbocycles. The lowest BCUT2D eigenvalue weighted by Crippen LogP contribution is -2.42. The number of methoxy groups -OCH3 is 1. The van der Waals surface area contributed by atoms with Crippen LogP contribution in [0, 0.1) is 6.92 Å². The summed E-state index contributed by atoms with van der Waals surface area (Å²) in [6.07, 6.45) is 0. The van der Waals surface area contributed by atoms with E-state index in [0.717, 1.165) is 31.0 Å². The number of nitrogens with zero attached hydrogens (tertiary/aromatic N) is 3. The molecule has 1 unspecified atom stereocenters. The zero-order chi connectivity index (χ0) is 25.0. The maximum atomic E-state index is 13.3. The van der Waals surface area contributed by atoms with Crippen LogP contribution in [0.1, 0.15) is 43.5 Å². The Morgan fingerprint density at radius 3 is 2.46 bits per heavy atom. The molecule has 2 amide bonds. The number of aryl methyl sites for hydroxylation is 1. The van der Waals surface area contributed by atoms with E-state index in [1.165, 1.54) is 11.1 Å². The van der Waals surface area contributed by atoms with Gasteiger partial charge in [0.1, 0.15) is 5.82 Å². The number of aromatic nitrogens is 2. The van der Waals surface area contributed by atoms with E-state index in [-0.39, 0.29) is 23.4 Å². The maximum Gasteiger partial charge on any atom is 0.320 e. The van der Waals surface area contributed by atoms with Crippen molar-refractivity contribution in [1.82, 2.24) is 20.0 Å². The molecule has 2 atom stereocenters. The highest BCUT2D eigenvalue weighted by molar-refractivity contribution is 5.89. The molecule has 7 heteroatoms. The largest absolute Gasteiger partial charge is 0.383 e. The Morgan fingerprint density at radius 2 is 1.80 bits per heavy atom. The smallest absolute Gasteiger partial charge is 0.320 e. The van der Waals surface area contributed by atoms with Crippen LogP contribution in [-0.4, -0.2) is 60.1 Å². The minimum atomic E-state index is -0.224. The summed E-state index contributed by atoms with van der Waals surface area (Å²) >= 11 is 0. The Labute approximate surface area is 208 Å². The van der Waals surface area contributed by atoms with Gasteiger partial charge in [0.25, 0.3) is 0 Å². The molecule has 2 aromatic carbocycles. The summed E-state index contributed by atoms with van der Waals surface area (Å²) in [6.45, 7) is 11.6. The molecular weight excluding hydrogens is 438 g/mol. The van der Waals surface area contributed by atoms with E-state index >= 15 is 0 Å². The SMILES string of the molecule is COCCN1CC(c2ccccc2)[C@H](NC(=O)Nc2cc(C(C)(C)C)nn2-c2ccc(C)cc2)C1. The Balaban J connectivity index is 1.54. The molecule has 1 fully saturated rings. The van der Waals surface area contributed by atoms with Gasteiger partial charge in [0.2, 0.25) is 0 Å². The van der Waals surface area contributed by atoms with Crippen LogP contribution in [0.3, 0.4) is 0 Å². The van der Waals surface area contributed by atoms with E-state index in [4.69, 9.17) is 9.84 Å². The quantitative estimate of drug-likeness (QED) is 0.519. The minimum absolute atomic E-state index is 0.00733. The molecule has 1 aliphatic rings. The van der Waals surface area contributed by atoms with Crippen LogP contribution in [0.15, 0.2) is 60.7 Å². The van der Waals surface area contributed by atoms with Gasteiger partial charge in [0.05, 0.1) is 24.0 Å². The van der Waals surface area contributed by atoms with Gasteiger partial charge >= 0.3 is 6.03 Å². The number of rotatable bonds is 7. The average molecular weight is 476 g/mol. The fraction of sp³-hybridized carbons (Fsp3) is 0.429. The van der Waals surface area contributed by atoms with E-state index in [1.54, 1.807) is 7.11 Å². The van der Waals surface area contributed by atoms with Crippen molar-refractivity contribution in [1.29, 1.82) is 0 Å². The molecule has 1 aliphatic heterocycles. The number of nitrogens with one attached hydrogen (secondary N) is 2. The first-order chi connectivity index (χ1) is 16.7. The zero-order valence-electron chi connectivity index (χ0n) is 21.4. The van der Waals surface area contributed by atoms with Gasteiger partial charge < -0.3 is 10.1 Å². The number of carbonyl (C=O) groups is 1. The molecular formula is C28H37N5O2. The number of likely N-dealkylation sites (tertiary alicyclic amines) is 1. The fourth-order valence-electron chi connectivity index (χ4n) is 4.51. The lowest BCUT2D eigenvalue weighted by molar-refractivity contribution is 0.159. The Kier molecular flexibility index (Phi) is 7.57. The molecule has 186 valence electrons. The number of amides is 2. The molecule has 2 heterocycles. The first kappa shape index (κ1) is 24.9. The van der Waals surface area contributed by atoms with Crippen molar-refractivity contribution in [3.63, 3.8) is 0 Å².